The molecule has 1 fully saturated rings. The van der Waals surface area contributed by atoms with Crippen LogP contribution in [0.1, 0.15) is 38.3 Å². The topological polar surface area (TPSA) is 136 Å². The van der Waals surface area contributed by atoms with E-state index in [0.717, 1.165) is 6.20 Å². The lowest BCUT2D eigenvalue weighted by atomic mass is 10.00. The van der Waals surface area contributed by atoms with Gasteiger partial charge in [0.1, 0.15) is 11.4 Å². The molecule has 3 aromatic heterocycles. The van der Waals surface area contributed by atoms with Gasteiger partial charge < -0.3 is 23.2 Å². The zero-order chi connectivity index (χ0) is 28.9. The summed E-state index contributed by atoms with van der Waals surface area (Å²) in [5.41, 5.74) is 3.12. The van der Waals surface area contributed by atoms with Crippen LogP contribution in [0.15, 0.2) is 53.6 Å². The van der Waals surface area contributed by atoms with E-state index in [1.54, 1.807) is 30.3 Å². The average Bonchev–Trinajstić information content (AvgIpc) is 3.31. The van der Waals surface area contributed by atoms with Crippen molar-refractivity contribution < 1.29 is 26.0 Å². The van der Waals surface area contributed by atoms with Crippen LogP contribution >= 0.6 is 0 Å². The van der Waals surface area contributed by atoms with E-state index in [0.29, 0.717) is 81.3 Å². The smallest absolute Gasteiger partial charge is 0.488 e. The molecular weight excluding hydrogens is 551 g/mol. The van der Waals surface area contributed by atoms with E-state index in [9.17, 15) is 22.4 Å². The zero-order valence-corrected chi connectivity index (χ0v) is 23.0. The van der Waals surface area contributed by atoms with Gasteiger partial charge in [-0.2, -0.15) is 13.7 Å². The molecule has 6 rings (SSSR count). The summed E-state index contributed by atoms with van der Waals surface area (Å²) in [6, 6.07) is 12.2. The van der Waals surface area contributed by atoms with Crippen molar-refractivity contribution in [2.45, 2.75) is 38.8 Å². The van der Waals surface area contributed by atoms with Crippen molar-refractivity contribution in [3.63, 3.8) is 0 Å². The first-order valence-electron chi connectivity index (χ1n) is 13.0. The number of aromatic nitrogens is 3. The number of hydrogen-bond acceptors (Lipinski definition) is 8. The molecule has 10 nitrogen and oxygen atoms in total. The third kappa shape index (κ3) is 4.98. The summed E-state index contributed by atoms with van der Waals surface area (Å²) in [6.45, 7) is 4.80. The molecule has 41 heavy (non-hydrogen) atoms. The first-order chi connectivity index (χ1) is 19.6. The number of nitrogens with one attached hydrogen (secondary N) is 1. The van der Waals surface area contributed by atoms with Crippen molar-refractivity contribution in [2.24, 2.45) is 0 Å². The van der Waals surface area contributed by atoms with Gasteiger partial charge in [0.2, 0.25) is 0 Å². The molecule has 0 spiro atoms. The number of fused-ring (bicyclic) bond motifs is 4. The molecule has 12 heteroatoms. The van der Waals surface area contributed by atoms with Crippen LogP contribution in [0.4, 0.5) is 3.89 Å². The van der Waals surface area contributed by atoms with Crippen LogP contribution in [0.2, 0.25) is 0 Å². The van der Waals surface area contributed by atoms with Crippen molar-refractivity contribution in [3.8, 4) is 28.7 Å². The van der Waals surface area contributed by atoms with Crippen molar-refractivity contribution in [1.29, 1.82) is 5.26 Å². The minimum absolute atomic E-state index is 0.00737. The van der Waals surface area contributed by atoms with E-state index in [-0.39, 0.29) is 23.3 Å². The first kappa shape index (κ1) is 26.7. The van der Waals surface area contributed by atoms with Crippen LogP contribution in [-0.2, 0) is 15.2 Å². The minimum atomic E-state index is -5.26. The number of nitriles is 1. The number of aromatic amines is 1. The number of H-pyrrole nitrogens is 1. The largest absolute Gasteiger partial charge is 0.490 e. The third-order valence-corrected chi connectivity index (χ3v) is 7.51. The fourth-order valence-corrected chi connectivity index (χ4v) is 5.82. The molecule has 1 N–H and O–H groups in total. The Hall–Kier alpha value is -4.47. The SMILES string of the molecule is CC(C)Oc1cc2c(=O)c3c4ccc(C#N)cc4[nH]c3n(C3CCOCC3)c2cc1-c1cncc(OS(=O)(=O)F)c1. The molecule has 0 unspecified atom stereocenters. The molecule has 210 valence electrons. The summed E-state index contributed by atoms with van der Waals surface area (Å²) in [6.07, 6.45) is 3.73. The van der Waals surface area contributed by atoms with E-state index in [4.69, 9.17) is 9.47 Å². The van der Waals surface area contributed by atoms with Gasteiger partial charge in [-0.3, -0.25) is 9.78 Å². The number of rotatable bonds is 6. The Morgan fingerprint density at radius 2 is 1.93 bits per heavy atom. The molecule has 1 aliphatic rings. The van der Waals surface area contributed by atoms with E-state index < -0.39 is 10.5 Å². The van der Waals surface area contributed by atoms with Crippen molar-refractivity contribution >= 4 is 43.3 Å². The standard InChI is InChI=1S/C29H25FN4O6S/c1-16(2)39-26-12-23-25(11-22(26)18-10-20(15-32-14-18)40-41(30,36)37)34(19-5-7-38-8-6-19)29-27(28(23)35)21-4-3-17(13-31)9-24(21)33-29/h3-4,9-12,14-16,19,33H,5-8H2,1-2H3. The summed E-state index contributed by atoms with van der Waals surface area (Å²) >= 11 is 0. The summed E-state index contributed by atoms with van der Waals surface area (Å²) in [7, 11) is -5.26. The number of ether oxygens (including phenoxy) is 2. The van der Waals surface area contributed by atoms with Gasteiger partial charge in [-0.1, -0.05) is 9.95 Å². The predicted molar refractivity (Wildman–Crippen MR) is 151 cm³/mol. The molecule has 0 atom stereocenters. The normalized spacial score (nSPS) is 14.6. The molecule has 4 heterocycles. The highest BCUT2D eigenvalue weighted by molar-refractivity contribution is 7.81. The average molecular weight is 577 g/mol. The summed E-state index contributed by atoms with van der Waals surface area (Å²) in [5.74, 6) is 0.0675. The second kappa shape index (κ2) is 10.2. The number of benzene rings is 2. The van der Waals surface area contributed by atoms with Crippen LogP contribution in [0, 0.1) is 11.3 Å². The maximum atomic E-state index is 14.1. The second-order valence-electron chi connectivity index (χ2n) is 10.2. The van der Waals surface area contributed by atoms with Gasteiger partial charge >= 0.3 is 10.5 Å². The zero-order valence-electron chi connectivity index (χ0n) is 22.2. The summed E-state index contributed by atoms with van der Waals surface area (Å²) < 4.78 is 53.8. The van der Waals surface area contributed by atoms with E-state index in [1.807, 2.05) is 13.8 Å². The number of pyridine rings is 2. The van der Waals surface area contributed by atoms with Crippen molar-refractivity contribution in [3.05, 3.63) is 64.6 Å². The van der Waals surface area contributed by atoms with Gasteiger partial charge in [-0.25, -0.2) is 0 Å². The number of halogens is 1. The van der Waals surface area contributed by atoms with Gasteiger partial charge in [0, 0.05) is 47.5 Å². The first-order valence-corrected chi connectivity index (χ1v) is 14.4. The Labute approximate surface area is 234 Å². The lowest BCUT2D eigenvalue weighted by Gasteiger charge is -2.28. The summed E-state index contributed by atoms with van der Waals surface area (Å²) in [4.78, 5) is 21.6. The van der Waals surface area contributed by atoms with E-state index in [1.165, 1.54) is 12.3 Å². The van der Waals surface area contributed by atoms with Gasteiger partial charge in [0.05, 0.1) is 40.2 Å². The van der Waals surface area contributed by atoms with Crippen LogP contribution in [0.25, 0.3) is 44.0 Å². The highest BCUT2D eigenvalue weighted by atomic mass is 32.3. The number of nitrogens with zero attached hydrogens (tertiary/aromatic N) is 3. The molecule has 0 amide bonds. The van der Waals surface area contributed by atoms with Gasteiger partial charge in [0.15, 0.2) is 11.2 Å². The quantitative estimate of drug-likeness (QED) is 0.269. The van der Waals surface area contributed by atoms with E-state index >= 15 is 0 Å². The van der Waals surface area contributed by atoms with E-state index in [2.05, 4.69) is 24.8 Å². The Kier molecular flexibility index (Phi) is 6.63. The Morgan fingerprint density at radius 3 is 2.63 bits per heavy atom. The van der Waals surface area contributed by atoms with Gasteiger partial charge in [0.25, 0.3) is 0 Å². The van der Waals surface area contributed by atoms with Crippen molar-refractivity contribution in [2.75, 3.05) is 13.2 Å². The lowest BCUT2D eigenvalue weighted by molar-refractivity contribution is 0.0715. The molecule has 1 saturated heterocycles. The molecule has 2 aromatic carbocycles. The Bertz CT molecular complexity index is 2040. The van der Waals surface area contributed by atoms with Crippen LogP contribution in [0.3, 0.4) is 0 Å². The Morgan fingerprint density at radius 1 is 1.15 bits per heavy atom. The maximum absolute atomic E-state index is 14.1. The monoisotopic (exact) mass is 576 g/mol. The minimum Gasteiger partial charge on any atom is -0.490 e. The van der Waals surface area contributed by atoms with Crippen molar-refractivity contribution in [1.82, 2.24) is 14.5 Å². The third-order valence-electron chi connectivity index (χ3n) is 7.12. The molecule has 0 bridgehead atoms. The van der Waals surface area contributed by atoms with Gasteiger partial charge in [-0.05, 0) is 57.0 Å². The molecule has 5 aromatic rings. The molecule has 0 aliphatic carbocycles. The molecule has 0 saturated carbocycles. The van der Waals surface area contributed by atoms with Crippen LogP contribution in [0.5, 0.6) is 11.5 Å². The van der Waals surface area contributed by atoms with Gasteiger partial charge in [-0.15, -0.1) is 0 Å². The fraction of sp³-hybridized carbons (Fsp3) is 0.276. The highest BCUT2D eigenvalue weighted by Gasteiger charge is 2.25. The molecule has 1 aliphatic heterocycles. The lowest BCUT2D eigenvalue weighted by Crippen LogP contribution is -2.22. The summed E-state index contributed by atoms with van der Waals surface area (Å²) in [5, 5.41) is 11.1. The molecular formula is C29H25FN4O6S. The predicted octanol–water partition coefficient (Wildman–Crippen LogP) is 5.30. The second-order valence-corrected chi connectivity index (χ2v) is 11.1. The van der Waals surface area contributed by atoms with Crippen LogP contribution in [-0.4, -0.2) is 42.3 Å². The highest BCUT2D eigenvalue weighted by Crippen LogP contribution is 2.39. The molecule has 0 radical (unpaired) electrons. The Balaban J connectivity index is 1.70. The van der Waals surface area contributed by atoms with Crippen LogP contribution < -0.4 is 14.3 Å². The fourth-order valence-electron chi connectivity index (χ4n) is 5.49. The number of hydrogen-bond donors (Lipinski definition) is 1. The maximum Gasteiger partial charge on any atom is 0.488 e.